The number of esters is 1. The van der Waals surface area contributed by atoms with Gasteiger partial charge in [0, 0.05) is 0 Å². The van der Waals surface area contributed by atoms with Crippen LogP contribution in [-0.2, 0) is 25.7 Å². The van der Waals surface area contributed by atoms with Crippen LogP contribution in [0, 0.1) is 0 Å². The van der Waals surface area contributed by atoms with Crippen LogP contribution in [0.1, 0.15) is 33.3 Å². The first-order chi connectivity index (χ1) is 14.9. The van der Waals surface area contributed by atoms with Crippen molar-refractivity contribution < 1.29 is 34.1 Å². The third-order valence-electron chi connectivity index (χ3n) is 3.94. The van der Waals surface area contributed by atoms with Crippen LogP contribution in [0.2, 0.25) is 0 Å². The van der Waals surface area contributed by atoms with Gasteiger partial charge in [0.15, 0.2) is 0 Å². The molecule has 5 N–H and O–H groups in total. The second kappa shape index (κ2) is 12.8. The molecular weight excluding hydrogens is 417 g/mol. The Kier molecular flexibility index (Phi) is 10.9. The molecule has 0 aliphatic heterocycles. The Morgan fingerprint density at radius 1 is 1.12 bits per heavy atom. The molecule has 0 fully saturated rings. The van der Waals surface area contributed by atoms with Crippen LogP contribution in [0.3, 0.4) is 0 Å². The van der Waals surface area contributed by atoms with Crippen molar-refractivity contribution in [3.05, 3.63) is 35.9 Å². The van der Waals surface area contributed by atoms with E-state index >= 15 is 0 Å². The molecule has 11 heteroatoms. The number of aliphatic hydroxyl groups is 2. The molecule has 1 aromatic rings. The molecular formula is C21H31BN3O7. The van der Waals surface area contributed by atoms with Gasteiger partial charge in [-0.05, 0) is 0 Å². The molecule has 1 rings (SSSR count). The molecule has 0 saturated carbocycles. The molecule has 0 heterocycles. The van der Waals surface area contributed by atoms with Gasteiger partial charge in [-0.25, -0.2) is 0 Å². The summed E-state index contributed by atoms with van der Waals surface area (Å²) in [6.07, 6.45) is -1.92. The van der Waals surface area contributed by atoms with Gasteiger partial charge < -0.3 is 0 Å². The fourth-order valence-electron chi connectivity index (χ4n) is 2.41. The van der Waals surface area contributed by atoms with Crippen molar-refractivity contribution in [2.75, 3.05) is 13.2 Å². The fraction of sp³-hybridized carbons (Fsp3) is 0.524. The second-order valence-corrected chi connectivity index (χ2v) is 8.08. The van der Waals surface area contributed by atoms with E-state index in [-0.39, 0.29) is 18.7 Å². The Hall–Kier alpha value is -2.92. The number of amides is 2. The van der Waals surface area contributed by atoms with E-state index in [0.717, 1.165) is 5.56 Å². The van der Waals surface area contributed by atoms with Crippen molar-refractivity contribution in [3.63, 3.8) is 0 Å². The number of carbonyl (C=O) groups excluding carboxylic acids is 3. The maximum absolute atomic E-state index is 12.6. The van der Waals surface area contributed by atoms with Crippen LogP contribution in [0.15, 0.2) is 30.3 Å². The summed E-state index contributed by atoms with van der Waals surface area (Å²) in [7, 11) is 5.80. The normalized spacial score (nSPS) is 13.8. The SMILES string of the molecule is [B]=C(CNC(=O)OC(C)(C)C)N[C@H](C(=O)N[C@@H](CO)C(=O)OCc1ccccc1)[C@@H](C)O. The quantitative estimate of drug-likeness (QED) is 0.222. The van der Waals surface area contributed by atoms with Gasteiger partial charge in [-0.15, -0.1) is 0 Å². The molecule has 0 aliphatic rings. The molecule has 0 aliphatic carbocycles. The van der Waals surface area contributed by atoms with Crippen LogP contribution in [0.4, 0.5) is 4.79 Å². The van der Waals surface area contributed by atoms with Gasteiger partial charge in [0.1, 0.15) is 0 Å². The number of hydrogen-bond donors (Lipinski definition) is 5. The first-order valence-corrected chi connectivity index (χ1v) is 10.1. The number of aliphatic hydroxyl groups excluding tert-OH is 2. The number of carbonyl (C=O) groups is 3. The number of nitrogens with one attached hydrogen (secondary N) is 3. The average Bonchev–Trinajstić information content (AvgIpc) is 2.71. The zero-order valence-corrected chi connectivity index (χ0v) is 18.8. The summed E-state index contributed by atoms with van der Waals surface area (Å²) in [5.74, 6) is -1.63. The van der Waals surface area contributed by atoms with Gasteiger partial charge in [-0.1, -0.05) is 6.07 Å². The van der Waals surface area contributed by atoms with Gasteiger partial charge in [0.2, 0.25) is 0 Å². The van der Waals surface area contributed by atoms with Crippen molar-refractivity contribution >= 4 is 31.0 Å². The zero-order valence-electron chi connectivity index (χ0n) is 18.8. The van der Waals surface area contributed by atoms with Crippen molar-refractivity contribution in [2.24, 2.45) is 0 Å². The summed E-state index contributed by atoms with van der Waals surface area (Å²) in [5, 5.41) is 26.8. The van der Waals surface area contributed by atoms with Gasteiger partial charge in [0.25, 0.3) is 0 Å². The predicted octanol–water partition coefficient (Wildman–Crippen LogP) is -0.631. The third kappa shape index (κ3) is 10.4. The van der Waals surface area contributed by atoms with Crippen LogP contribution >= 0.6 is 0 Å². The molecule has 0 saturated heterocycles. The average molecular weight is 448 g/mol. The minimum atomic E-state index is -1.34. The van der Waals surface area contributed by atoms with Crippen LogP contribution in [0.5, 0.6) is 0 Å². The van der Waals surface area contributed by atoms with E-state index in [2.05, 4.69) is 16.0 Å². The monoisotopic (exact) mass is 448 g/mol. The van der Waals surface area contributed by atoms with Gasteiger partial charge in [-0.2, -0.15) is 0 Å². The molecule has 0 spiro atoms. The van der Waals surface area contributed by atoms with E-state index in [4.69, 9.17) is 17.0 Å². The number of alkyl carbamates (subject to hydrolysis) is 1. The summed E-state index contributed by atoms with van der Waals surface area (Å²) in [6, 6.07) is 6.31. The molecule has 1 radical (unpaired) electrons. The van der Waals surface area contributed by atoms with Crippen molar-refractivity contribution in [1.82, 2.24) is 16.0 Å². The van der Waals surface area contributed by atoms with E-state index in [9.17, 15) is 24.6 Å². The summed E-state index contributed by atoms with van der Waals surface area (Å²) in [5.41, 5.74) is 0.0271. The molecule has 10 nitrogen and oxygen atoms in total. The van der Waals surface area contributed by atoms with Gasteiger partial charge >= 0.3 is 182 Å². The van der Waals surface area contributed by atoms with Gasteiger partial charge in [-0.3, -0.25) is 0 Å². The van der Waals surface area contributed by atoms with Crippen molar-refractivity contribution in [3.8, 4) is 0 Å². The maximum atomic E-state index is 12.6. The van der Waals surface area contributed by atoms with Gasteiger partial charge in [0.05, 0.1) is 0 Å². The van der Waals surface area contributed by atoms with E-state index in [1.54, 1.807) is 45.0 Å². The molecule has 0 unspecified atom stereocenters. The Morgan fingerprint density at radius 3 is 2.28 bits per heavy atom. The first kappa shape index (κ1) is 27.1. The molecule has 32 heavy (non-hydrogen) atoms. The molecule has 0 bridgehead atoms. The molecule has 2 amide bonds. The summed E-state index contributed by atoms with van der Waals surface area (Å²) in [6.45, 7) is 5.55. The standard InChI is InChI=1S/C21H31BN3O7/c1-13(27)17(25-16(22)10-23-20(30)32-21(2,3)4)18(28)24-15(11-26)19(29)31-12-14-8-6-5-7-9-14/h5-9,13,15,17,25-27H,10-12H2,1-4H3,(H,23,30)(H,24,28)/t13-,15+,17+/m1/s1. The number of rotatable bonds is 11. The van der Waals surface area contributed by atoms with E-state index < -0.39 is 48.4 Å². The van der Waals surface area contributed by atoms with Crippen molar-refractivity contribution in [2.45, 2.75) is 58.1 Å². The summed E-state index contributed by atoms with van der Waals surface area (Å²) < 4.78 is 10.2. The number of ether oxygens (including phenoxy) is 2. The fourth-order valence-corrected chi connectivity index (χ4v) is 2.41. The predicted molar refractivity (Wildman–Crippen MR) is 119 cm³/mol. The van der Waals surface area contributed by atoms with E-state index in [1.807, 2.05) is 6.07 Å². The Morgan fingerprint density at radius 2 is 1.75 bits per heavy atom. The third-order valence-corrected chi connectivity index (χ3v) is 3.94. The zero-order chi connectivity index (χ0) is 24.3. The Bertz CT molecular complexity index is 781. The topological polar surface area (TPSA) is 146 Å². The number of benzene rings is 1. The van der Waals surface area contributed by atoms with Crippen LogP contribution < -0.4 is 16.0 Å². The Balaban J connectivity index is 2.61. The number of hydrogen-bond acceptors (Lipinski definition) is 8. The molecule has 175 valence electrons. The van der Waals surface area contributed by atoms with E-state index in [1.165, 1.54) is 6.92 Å². The van der Waals surface area contributed by atoms with E-state index in [0.29, 0.717) is 0 Å². The second-order valence-electron chi connectivity index (χ2n) is 8.08. The Labute approximate surface area is 188 Å². The first-order valence-electron chi connectivity index (χ1n) is 10.1. The van der Waals surface area contributed by atoms with Crippen molar-refractivity contribution in [1.29, 1.82) is 0 Å². The van der Waals surface area contributed by atoms with Crippen LogP contribution in [-0.4, -0.2) is 78.2 Å². The summed E-state index contributed by atoms with van der Waals surface area (Å²) in [4.78, 5) is 36.5. The van der Waals surface area contributed by atoms with Crippen LogP contribution in [0.25, 0.3) is 0 Å². The minimum absolute atomic E-state index is 0.0240. The summed E-state index contributed by atoms with van der Waals surface area (Å²) >= 11 is 0. The molecule has 0 aromatic heterocycles. The molecule has 3 atom stereocenters. The molecule has 1 aromatic carbocycles.